The molecule has 1 rings (SSSR count). The number of primary amides is 1. The number of nitrogens with one attached hydrogen (secondary N) is 3. The van der Waals surface area contributed by atoms with Gasteiger partial charge in [0.1, 0.15) is 12.7 Å². The van der Waals surface area contributed by atoms with E-state index in [0.29, 0.717) is 36.9 Å². The molecule has 5 N–H and O–H groups in total. The fourth-order valence-electron chi connectivity index (χ4n) is 4.65. The molecule has 0 saturated heterocycles. The van der Waals surface area contributed by atoms with E-state index in [4.69, 9.17) is 15.2 Å². The van der Waals surface area contributed by atoms with Crippen LogP contribution in [0.3, 0.4) is 0 Å². The number of esters is 1. The lowest BCUT2D eigenvalue weighted by molar-refractivity contribution is -0.158. The fraction of sp³-hybridized carbons (Fsp3) is 0.667. The lowest BCUT2D eigenvalue weighted by Crippen LogP contribution is -2.45. The molecule has 13 nitrogen and oxygen atoms in total. The SMILES string of the molecule is CC(CN(C)C(=O)OCc1ccc(NC(=O)[C@H](CCCNC(N)=O)CC(=O)[C@@H](NC(=O)CCC(C)(C)C)C(C)C)cc1)OC(=O)C(C)(C)C. The van der Waals surface area contributed by atoms with Crippen molar-refractivity contribution in [1.29, 1.82) is 0 Å². The second kappa shape index (κ2) is 19.7. The van der Waals surface area contributed by atoms with Crippen LogP contribution in [-0.4, -0.2) is 72.9 Å². The van der Waals surface area contributed by atoms with Gasteiger partial charge in [0.2, 0.25) is 11.8 Å². The minimum absolute atomic E-state index is 0.0182. The molecule has 0 aliphatic rings. The largest absolute Gasteiger partial charge is 0.460 e. The van der Waals surface area contributed by atoms with Crippen LogP contribution in [0.25, 0.3) is 0 Å². The van der Waals surface area contributed by atoms with E-state index in [1.165, 1.54) is 4.90 Å². The molecule has 49 heavy (non-hydrogen) atoms. The summed E-state index contributed by atoms with van der Waals surface area (Å²) >= 11 is 0. The molecule has 0 aromatic heterocycles. The number of hydrogen-bond acceptors (Lipinski definition) is 8. The molecule has 0 aliphatic heterocycles. The summed E-state index contributed by atoms with van der Waals surface area (Å²) in [6.07, 6.45) is 0.483. The number of amides is 5. The van der Waals surface area contributed by atoms with Crippen LogP contribution in [0.4, 0.5) is 15.3 Å². The predicted molar refractivity (Wildman–Crippen MR) is 188 cm³/mol. The van der Waals surface area contributed by atoms with Crippen LogP contribution in [0.15, 0.2) is 24.3 Å². The highest BCUT2D eigenvalue weighted by Gasteiger charge is 2.30. The number of anilines is 1. The first-order chi connectivity index (χ1) is 22.6. The molecule has 0 aliphatic carbocycles. The molecule has 0 heterocycles. The number of benzene rings is 1. The van der Waals surface area contributed by atoms with Gasteiger partial charge in [0, 0.05) is 38.0 Å². The van der Waals surface area contributed by atoms with Gasteiger partial charge in [0.15, 0.2) is 5.78 Å². The van der Waals surface area contributed by atoms with Crippen LogP contribution >= 0.6 is 0 Å². The molecule has 13 heteroatoms. The van der Waals surface area contributed by atoms with Crippen molar-refractivity contribution in [1.82, 2.24) is 15.5 Å². The first-order valence-corrected chi connectivity index (χ1v) is 16.9. The lowest BCUT2D eigenvalue weighted by Gasteiger charge is -2.25. The van der Waals surface area contributed by atoms with E-state index < -0.39 is 35.6 Å². The second-order valence-corrected chi connectivity index (χ2v) is 15.2. The fourth-order valence-corrected chi connectivity index (χ4v) is 4.65. The average molecular weight is 690 g/mol. The molecule has 0 fully saturated rings. The maximum atomic E-state index is 13.4. The molecular formula is C36H59N5O8. The Morgan fingerprint density at radius 2 is 1.55 bits per heavy atom. The number of ketones is 1. The van der Waals surface area contributed by atoms with E-state index in [0.717, 1.165) is 0 Å². The summed E-state index contributed by atoms with van der Waals surface area (Å²) in [6, 6.07) is 5.32. The van der Waals surface area contributed by atoms with Crippen molar-refractivity contribution in [3.63, 3.8) is 0 Å². The second-order valence-electron chi connectivity index (χ2n) is 15.2. The molecule has 0 bridgehead atoms. The van der Waals surface area contributed by atoms with Gasteiger partial charge in [-0.25, -0.2) is 9.59 Å². The zero-order chi connectivity index (χ0) is 37.5. The first kappa shape index (κ1) is 42.9. The number of urea groups is 1. The zero-order valence-corrected chi connectivity index (χ0v) is 31.1. The molecule has 3 atom stereocenters. The van der Waals surface area contributed by atoms with Gasteiger partial charge in [0.25, 0.3) is 0 Å². The van der Waals surface area contributed by atoms with Crippen molar-refractivity contribution in [3.8, 4) is 0 Å². The van der Waals surface area contributed by atoms with Crippen molar-refractivity contribution >= 4 is 41.4 Å². The molecule has 276 valence electrons. The highest BCUT2D eigenvalue weighted by molar-refractivity contribution is 5.97. The van der Waals surface area contributed by atoms with Gasteiger partial charge >= 0.3 is 18.1 Å². The number of likely N-dealkylation sites (N-methyl/N-ethyl adjacent to an activating group) is 1. The van der Waals surface area contributed by atoms with E-state index in [1.54, 1.807) is 59.0 Å². The number of carbonyl (C=O) groups is 6. The van der Waals surface area contributed by atoms with Crippen molar-refractivity contribution in [2.45, 2.75) is 113 Å². The minimum atomic E-state index is -0.741. The Hall–Kier alpha value is -4.16. The Kier molecular flexibility index (Phi) is 17.3. The quantitative estimate of drug-likeness (QED) is 0.120. The highest BCUT2D eigenvalue weighted by atomic mass is 16.6. The Morgan fingerprint density at radius 1 is 0.939 bits per heavy atom. The Morgan fingerprint density at radius 3 is 2.08 bits per heavy atom. The first-order valence-electron chi connectivity index (χ1n) is 16.9. The maximum absolute atomic E-state index is 13.4. The molecule has 1 aromatic carbocycles. The summed E-state index contributed by atoms with van der Waals surface area (Å²) in [5, 5.41) is 8.22. The molecule has 5 amide bonds. The van der Waals surface area contributed by atoms with Crippen molar-refractivity contribution in [2.75, 3.05) is 25.5 Å². The third kappa shape index (κ3) is 17.7. The number of Topliss-reactive ketones (excluding diaryl/α,β-unsaturated/α-hetero) is 1. The molecule has 0 spiro atoms. The summed E-state index contributed by atoms with van der Waals surface area (Å²) in [6.45, 7) is 17.2. The van der Waals surface area contributed by atoms with Crippen LogP contribution in [0.5, 0.6) is 0 Å². The summed E-state index contributed by atoms with van der Waals surface area (Å²) in [5.41, 5.74) is 5.65. The average Bonchev–Trinajstić information content (AvgIpc) is 2.98. The number of nitrogens with two attached hydrogens (primary N) is 1. The predicted octanol–water partition coefficient (Wildman–Crippen LogP) is 5.16. The number of rotatable bonds is 18. The van der Waals surface area contributed by atoms with Crippen LogP contribution < -0.4 is 21.7 Å². The summed E-state index contributed by atoms with van der Waals surface area (Å²) in [4.78, 5) is 76.6. The summed E-state index contributed by atoms with van der Waals surface area (Å²) in [7, 11) is 1.55. The van der Waals surface area contributed by atoms with E-state index in [1.807, 2.05) is 34.6 Å². The number of ether oxygens (including phenoxy) is 2. The third-order valence-corrected chi connectivity index (χ3v) is 7.63. The van der Waals surface area contributed by atoms with Gasteiger partial charge in [-0.2, -0.15) is 0 Å². The number of hydrogen-bond donors (Lipinski definition) is 4. The van der Waals surface area contributed by atoms with E-state index in [9.17, 15) is 28.8 Å². The van der Waals surface area contributed by atoms with Gasteiger partial charge in [-0.1, -0.05) is 46.8 Å². The molecule has 0 radical (unpaired) electrons. The number of carbonyl (C=O) groups excluding carboxylic acids is 6. The van der Waals surface area contributed by atoms with Crippen LogP contribution in [0, 0.1) is 22.7 Å². The van der Waals surface area contributed by atoms with E-state index in [-0.39, 0.29) is 61.0 Å². The van der Waals surface area contributed by atoms with Gasteiger partial charge < -0.3 is 36.1 Å². The molecule has 1 unspecified atom stereocenters. The minimum Gasteiger partial charge on any atom is -0.460 e. The van der Waals surface area contributed by atoms with Crippen molar-refractivity contribution in [2.24, 2.45) is 28.4 Å². The smallest absolute Gasteiger partial charge is 0.409 e. The summed E-state index contributed by atoms with van der Waals surface area (Å²) in [5.74, 6) is -2.09. The standard InChI is InChI=1S/C36H59N5O8/c1-23(2)30(40-29(43)17-18-35(4,5)6)28(42)20-26(12-11-19-38-33(37)46)31(44)39-27-15-13-25(14-16-27)22-48-34(47)41(10)21-24(3)49-32(45)36(7,8)9/h13-16,23-24,26,30H,11-12,17-22H2,1-10H3,(H,39,44)(H,40,43)(H3,37,38,46)/t24?,26-,30+/m1/s1. The van der Waals surface area contributed by atoms with Gasteiger partial charge in [-0.15, -0.1) is 0 Å². The molecule has 0 saturated carbocycles. The maximum Gasteiger partial charge on any atom is 0.409 e. The Labute approximate surface area is 291 Å². The zero-order valence-electron chi connectivity index (χ0n) is 31.1. The van der Waals surface area contributed by atoms with Crippen molar-refractivity contribution < 1.29 is 38.2 Å². The topological polar surface area (TPSA) is 186 Å². The van der Waals surface area contributed by atoms with Crippen LogP contribution in [-0.2, 0) is 35.3 Å². The Balaban J connectivity index is 2.85. The van der Waals surface area contributed by atoms with Crippen LogP contribution in [0.1, 0.15) is 100.0 Å². The van der Waals surface area contributed by atoms with Gasteiger partial charge in [-0.05, 0) is 76.0 Å². The van der Waals surface area contributed by atoms with Crippen molar-refractivity contribution in [3.05, 3.63) is 29.8 Å². The molecular weight excluding hydrogens is 630 g/mol. The highest BCUT2D eigenvalue weighted by Crippen LogP contribution is 2.22. The van der Waals surface area contributed by atoms with Gasteiger partial charge in [0.05, 0.1) is 18.0 Å². The summed E-state index contributed by atoms with van der Waals surface area (Å²) < 4.78 is 10.8. The number of nitrogens with zero attached hydrogens (tertiary/aromatic N) is 1. The van der Waals surface area contributed by atoms with E-state index >= 15 is 0 Å². The monoisotopic (exact) mass is 689 g/mol. The van der Waals surface area contributed by atoms with Crippen LogP contribution in [0.2, 0.25) is 0 Å². The third-order valence-electron chi connectivity index (χ3n) is 7.63. The molecule has 1 aromatic rings. The Bertz CT molecular complexity index is 1270. The lowest BCUT2D eigenvalue weighted by atomic mass is 9.88. The normalized spacial score (nSPS) is 13.4. The van der Waals surface area contributed by atoms with Gasteiger partial charge in [-0.3, -0.25) is 19.2 Å². The van der Waals surface area contributed by atoms with E-state index in [2.05, 4.69) is 16.0 Å².